The van der Waals surface area contributed by atoms with Gasteiger partial charge in [0.2, 0.25) is 0 Å². The zero-order valence-corrected chi connectivity index (χ0v) is 11.9. The van der Waals surface area contributed by atoms with Crippen LogP contribution in [0.2, 0.25) is 0 Å². The van der Waals surface area contributed by atoms with E-state index in [-0.39, 0.29) is 17.6 Å². The minimum Gasteiger partial charge on any atom is -0.349 e. The van der Waals surface area contributed by atoms with Crippen molar-refractivity contribution >= 4 is 11.6 Å². The van der Waals surface area contributed by atoms with Gasteiger partial charge in [-0.1, -0.05) is 12.8 Å². The zero-order chi connectivity index (χ0) is 15.5. The molecular weight excluding hydrogens is 284 g/mol. The largest absolute Gasteiger partial charge is 0.349 e. The molecular formula is C15H16N4O3. The second-order valence-electron chi connectivity index (χ2n) is 5.42. The van der Waals surface area contributed by atoms with Gasteiger partial charge >= 0.3 is 0 Å². The molecule has 2 N–H and O–H groups in total. The lowest BCUT2D eigenvalue weighted by Crippen LogP contribution is -2.32. The third-order valence-corrected chi connectivity index (χ3v) is 3.94. The van der Waals surface area contributed by atoms with Crippen molar-refractivity contribution in [3.8, 4) is 11.3 Å². The number of nitro benzene ring substituents is 1. The number of nitro groups is 1. The van der Waals surface area contributed by atoms with Crippen LogP contribution in [0.4, 0.5) is 5.69 Å². The highest BCUT2D eigenvalue weighted by Crippen LogP contribution is 2.24. The maximum Gasteiger partial charge on any atom is 0.269 e. The molecule has 0 radical (unpaired) electrons. The van der Waals surface area contributed by atoms with Crippen molar-refractivity contribution < 1.29 is 9.72 Å². The molecule has 1 amide bonds. The summed E-state index contributed by atoms with van der Waals surface area (Å²) in [5.74, 6) is -0.158. The van der Waals surface area contributed by atoms with Crippen LogP contribution in [0.3, 0.4) is 0 Å². The Kier molecular flexibility index (Phi) is 3.86. The van der Waals surface area contributed by atoms with Crippen LogP contribution in [0.5, 0.6) is 0 Å². The number of aromatic nitrogens is 2. The number of hydrogen-bond donors (Lipinski definition) is 2. The van der Waals surface area contributed by atoms with Gasteiger partial charge in [-0.05, 0) is 25.0 Å². The fourth-order valence-corrected chi connectivity index (χ4v) is 2.76. The highest BCUT2D eigenvalue weighted by Gasteiger charge is 2.21. The minimum atomic E-state index is -0.454. The van der Waals surface area contributed by atoms with Crippen molar-refractivity contribution in [2.24, 2.45) is 0 Å². The zero-order valence-electron chi connectivity index (χ0n) is 11.9. The number of nitrogens with one attached hydrogen (secondary N) is 2. The molecule has 114 valence electrons. The smallest absolute Gasteiger partial charge is 0.269 e. The van der Waals surface area contributed by atoms with Crippen molar-refractivity contribution in [2.45, 2.75) is 31.7 Å². The quantitative estimate of drug-likeness (QED) is 0.669. The molecule has 0 saturated heterocycles. The summed E-state index contributed by atoms with van der Waals surface area (Å²) < 4.78 is 0. The van der Waals surface area contributed by atoms with Crippen LogP contribution in [0.25, 0.3) is 11.3 Å². The molecule has 1 aromatic heterocycles. The Morgan fingerprint density at radius 2 is 1.95 bits per heavy atom. The molecule has 1 saturated carbocycles. The topological polar surface area (TPSA) is 101 Å². The van der Waals surface area contributed by atoms with Gasteiger partial charge in [-0.25, -0.2) is 0 Å². The predicted molar refractivity (Wildman–Crippen MR) is 80.4 cm³/mol. The van der Waals surface area contributed by atoms with Crippen molar-refractivity contribution in [1.29, 1.82) is 0 Å². The van der Waals surface area contributed by atoms with Gasteiger partial charge < -0.3 is 5.32 Å². The van der Waals surface area contributed by atoms with Crippen molar-refractivity contribution in [1.82, 2.24) is 15.5 Å². The Bertz CT molecular complexity index is 687. The lowest BCUT2D eigenvalue weighted by Gasteiger charge is -2.11. The number of H-pyrrole nitrogens is 1. The van der Waals surface area contributed by atoms with E-state index in [0.29, 0.717) is 16.8 Å². The highest BCUT2D eigenvalue weighted by molar-refractivity contribution is 5.99. The second-order valence-corrected chi connectivity index (χ2v) is 5.42. The van der Waals surface area contributed by atoms with Gasteiger partial charge in [-0.2, -0.15) is 5.10 Å². The van der Waals surface area contributed by atoms with E-state index in [1.807, 2.05) is 0 Å². The summed E-state index contributed by atoms with van der Waals surface area (Å²) in [6, 6.07) is 6.27. The Morgan fingerprint density at radius 3 is 2.59 bits per heavy atom. The summed E-state index contributed by atoms with van der Waals surface area (Å²) in [5, 5.41) is 20.4. The molecule has 0 unspecified atom stereocenters. The van der Waals surface area contributed by atoms with Crippen LogP contribution in [-0.4, -0.2) is 27.1 Å². The van der Waals surface area contributed by atoms with E-state index in [2.05, 4.69) is 15.5 Å². The summed E-state index contributed by atoms with van der Waals surface area (Å²) in [4.78, 5) is 22.6. The number of carbonyl (C=O) groups excluding carboxylic acids is 1. The van der Waals surface area contributed by atoms with E-state index in [9.17, 15) is 14.9 Å². The van der Waals surface area contributed by atoms with Crippen LogP contribution in [0.1, 0.15) is 36.0 Å². The van der Waals surface area contributed by atoms with Gasteiger partial charge in [0.15, 0.2) is 0 Å². The summed E-state index contributed by atoms with van der Waals surface area (Å²) in [5.41, 5.74) is 1.74. The fraction of sp³-hybridized carbons (Fsp3) is 0.333. The molecule has 0 atom stereocenters. The number of carbonyl (C=O) groups is 1. The molecule has 1 heterocycles. The maximum absolute atomic E-state index is 12.4. The Morgan fingerprint density at radius 1 is 1.27 bits per heavy atom. The van der Waals surface area contributed by atoms with E-state index < -0.39 is 4.92 Å². The first-order chi connectivity index (χ1) is 10.6. The van der Waals surface area contributed by atoms with Gasteiger partial charge in [-0.15, -0.1) is 0 Å². The summed E-state index contributed by atoms with van der Waals surface area (Å²) in [6.07, 6.45) is 5.80. The van der Waals surface area contributed by atoms with Gasteiger partial charge in [0.05, 0.1) is 22.4 Å². The van der Waals surface area contributed by atoms with E-state index in [0.717, 1.165) is 25.7 Å². The molecule has 0 spiro atoms. The highest BCUT2D eigenvalue weighted by atomic mass is 16.6. The molecule has 0 aliphatic heterocycles. The minimum absolute atomic E-state index is 0.0141. The number of non-ortho nitro benzene ring substituents is 1. The first-order valence-electron chi connectivity index (χ1n) is 7.24. The Hall–Kier alpha value is -2.70. The normalized spacial score (nSPS) is 14.9. The Balaban J connectivity index is 1.81. The number of benzene rings is 1. The summed E-state index contributed by atoms with van der Waals surface area (Å²) in [7, 11) is 0. The summed E-state index contributed by atoms with van der Waals surface area (Å²) in [6.45, 7) is 0. The molecule has 2 aromatic rings. The van der Waals surface area contributed by atoms with Gasteiger partial charge in [-0.3, -0.25) is 20.0 Å². The molecule has 1 aliphatic rings. The van der Waals surface area contributed by atoms with Crippen LogP contribution < -0.4 is 5.32 Å². The number of rotatable bonds is 4. The third-order valence-electron chi connectivity index (χ3n) is 3.94. The average molecular weight is 300 g/mol. The van der Waals surface area contributed by atoms with E-state index in [1.54, 1.807) is 12.1 Å². The van der Waals surface area contributed by atoms with Crippen LogP contribution >= 0.6 is 0 Å². The number of nitrogens with zero attached hydrogens (tertiary/aromatic N) is 2. The molecule has 7 nitrogen and oxygen atoms in total. The van der Waals surface area contributed by atoms with Crippen molar-refractivity contribution in [3.63, 3.8) is 0 Å². The third kappa shape index (κ3) is 2.83. The lowest BCUT2D eigenvalue weighted by molar-refractivity contribution is -0.384. The molecule has 1 aliphatic carbocycles. The van der Waals surface area contributed by atoms with Crippen LogP contribution in [0.15, 0.2) is 30.5 Å². The maximum atomic E-state index is 12.4. The van der Waals surface area contributed by atoms with Gasteiger partial charge in [0.25, 0.3) is 11.6 Å². The molecule has 1 aromatic carbocycles. The molecule has 7 heteroatoms. The number of hydrogen-bond acceptors (Lipinski definition) is 4. The van der Waals surface area contributed by atoms with E-state index in [1.165, 1.54) is 18.3 Å². The Labute approximate surface area is 126 Å². The standard InChI is InChI=1S/C15H16N4O3/c20-15(17-11-3-1-2-4-11)13-9-16-18-14(13)10-5-7-12(8-6-10)19(21)22/h5-9,11H,1-4H2,(H,16,18)(H,17,20). The number of amides is 1. The van der Waals surface area contributed by atoms with E-state index in [4.69, 9.17) is 0 Å². The first-order valence-corrected chi connectivity index (χ1v) is 7.24. The van der Waals surface area contributed by atoms with Crippen LogP contribution in [0, 0.1) is 10.1 Å². The molecule has 3 rings (SSSR count). The average Bonchev–Trinajstić information content (AvgIpc) is 3.18. The lowest BCUT2D eigenvalue weighted by atomic mass is 10.1. The van der Waals surface area contributed by atoms with E-state index >= 15 is 0 Å². The first kappa shape index (κ1) is 14.2. The number of aromatic amines is 1. The SMILES string of the molecule is O=C(NC1CCCC1)c1cn[nH]c1-c1ccc([N+](=O)[O-])cc1. The second kappa shape index (κ2) is 5.97. The monoisotopic (exact) mass is 300 g/mol. The van der Waals surface area contributed by atoms with Crippen molar-refractivity contribution in [3.05, 3.63) is 46.1 Å². The van der Waals surface area contributed by atoms with Gasteiger partial charge in [0, 0.05) is 23.7 Å². The summed E-state index contributed by atoms with van der Waals surface area (Å²) >= 11 is 0. The van der Waals surface area contributed by atoms with Crippen molar-refractivity contribution in [2.75, 3.05) is 0 Å². The molecule has 1 fully saturated rings. The predicted octanol–water partition coefficient (Wildman–Crippen LogP) is 2.66. The van der Waals surface area contributed by atoms with Crippen LogP contribution in [-0.2, 0) is 0 Å². The molecule has 22 heavy (non-hydrogen) atoms. The molecule has 0 bridgehead atoms. The fourth-order valence-electron chi connectivity index (χ4n) is 2.76. The van der Waals surface area contributed by atoms with Gasteiger partial charge in [0.1, 0.15) is 0 Å².